The van der Waals surface area contributed by atoms with Crippen molar-refractivity contribution in [2.24, 2.45) is 11.8 Å². The fourth-order valence-electron chi connectivity index (χ4n) is 1.99. The van der Waals surface area contributed by atoms with E-state index in [9.17, 15) is 0 Å². The highest BCUT2D eigenvalue weighted by molar-refractivity contribution is 7.98. The molecular weight excluding hydrogens is 228 g/mol. The fourth-order valence-corrected chi connectivity index (χ4v) is 2.46. The summed E-state index contributed by atoms with van der Waals surface area (Å²) in [7, 11) is 0. The van der Waals surface area contributed by atoms with Crippen LogP contribution in [0.15, 0.2) is 24.3 Å². The quantitative estimate of drug-likeness (QED) is 0.578. The van der Waals surface area contributed by atoms with E-state index in [0.717, 1.165) is 18.6 Å². The second-order valence-electron chi connectivity index (χ2n) is 4.84. The van der Waals surface area contributed by atoms with Crippen LogP contribution in [-0.4, -0.2) is 12.0 Å². The summed E-state index contributed by atoms with van der Waals surface area (Å²) in [5.41, 5.74) is 5.63. The zero-order chi connectivity index (χ0) is 12.7. The second-order valence-corrected chi connectivity index (χ2v) is 5.83. The predicted octanol–water partition coefficient (Wildman–Crippen LogP) is 3.14. The maximum atomic E-state index is 5.64. The largest absolute Gasteiger partial charge is 0.271 e. The summed E-state index contributed by atoms with van der Waals surface area (Å²) in [6, 6.07) is 9.05. The molecule has 3 heteroatoms. The van der Waals surface area contributed by atoms with Crippen molar-refractivity contribution in [1.82, 2.24) is 5.43 Å². The van der Waals surface area contributed by atoms with Gasteiger partial charge in [-0.2, -0.15) is 11.8 Å². The van der Waals surface area contributed by atoms with E-state index in [1.807, 2.05) is 11.8 Å². The van der Waals surface area contributed by atoms with Gasteiger partial charge in [-0.25, -0.2) is 0 Å². The average Bonchev–Trinajstić information content (AvgIpc) is 2.30. The summed E-state index contributed by atoms with van der Waals surface area (Å²) in [5.74, 6) is 7.46. The molecule has 0 aromatic heterocycles. The van der Waals surface area contributed by atoms with E-state index >= 15 is 0 Å². The highest BCUT2D eigenvalue weighted by atomic mass is 32.2. The Hall–Kier alpha value is -0.510. The van der Waals surface area contributed by atoms with Crippen LogP contribution >= 0.6 is 11.8 Å². The van der Waals surface area contributed by atoms with Gasteiger partial charge in [-0.15, -0.1) is 0 Å². The number of nitrogens with two attached hydrogens (primary N) is 1. The smallest absolute Gasteiger partial charge is 0.0467 e. The summed E-state index contributed by atoms with van der Waals surface area (Å²) in [4.78, 5) is 0. The number of hydrogen-bond acceptors (Lipinski definition) is 3. The summed E-state index contributed by atoms with van der Waals surface area (Å²) in [5, 5.41) is 0. The Morgan fingerprint density at radius 1 is 1.35 bits per heavy atom. The van der Waals surface area contributed by atoms with Crippen molar-refractivity contribution < 1.29 is 0 Å². The molecule has 1 atom stereocenters. The van der Waals surface area contributed by atoms with Gasteiger partial charge in [-0.3, -0.25) is 11.3 Å². The van der Waals surface area contributed by atoms with Crippen LogP contribution in [0, 0.1) is 5.92 Å². The molecule has 1 unspecified atom stereocenters. The molecule has 0 aliphatic carbocycles. The van der Waals surface area contributed by atoms with Crippen molar-refractivity contribution in [3.8, 4) is 0 Å². The molecule has 1 aromatic rings. The number of hydrazine groups is 1. The maximum Gasteiger partial charge on any atom is 0.0467 e. The molecule has 0 bridgehead atoms. The minimum absolute atomic E-state index is 0.273. The van der Waals surface area contributed by atoms with Gasteiger partial charge in [0.2, 0.25) is 0 Å². The first-order chi connectivity index (χ1) is 8.17. The van der Waals surface area contributed by atoms with Crippen molar-refractivity contribution in [1.29, 1.82) is 0 Å². The lowest BCUT2D eigenvalue weighted by Gasteiger charge is -2.17. The number of rotatable bonds is 7. The normalized spacial score (nSPS) is 13.0. The minimum atomic E-state index is 0.273. The molecular formula is C14H24N2S. The number of benzene rings is 1. The third-order valence-electron chi connectivity index (χ3n) is 2.81. The lowest BCUT2D eigenvalue weighted by Crippen LogP contribution is -2.28. The first kappa shape index (κ1) is 14.6. The van der Waals surface area contributed by atoms with E-state index in [4.69, 9.17) is 5.84 Å². The van der Waals surface area contributed by atoms with Crippen molar-refractivity contribution in [3.05, 3.63) is 35.4 Å². The van der Waals surface area contributed by atoms with Gasteiger partial charge in [-0.1, -0.05) is 38.1 Å². The Balaban J connectivity index is 2.73. The molecule has 0 radical (unpaired) electrons. The lowest BCUT2D eigenvalue weighted by atomic mass is 9.97. The first-order valence-electron chi connectivity index (χ1n) is 6.21. The second kappa shape index (κ2) is 7.75. The number of thioether (sulfide) groups is 1. The van der Waals surface area contributed by atoms with Crippen LogP contribution in [0.3, 0.4) is 0 Å². The van der Waals surface area contributed by atoms with Crippen molar-refractivity contribution >= 4 is 11.8 Å². The summed E-state index contributed by atoms with van der Waals surface area (Å²) < 4.78 is 0. The van der Waals surface area contributed by atoms with Gasteiger partial charge in [0.25, 0.3) is 0 Å². The van der Waals surface area contributed by atoms with Crippen LogP contribution in [0.2, 0.25) is 0 Å². The molecule has 17 heavy (non-hydrogen) atoms. The fraction of sp³-hybridized carbons (Fsp3) is 0.571. The monoisotopic (exact) mass is 252 g/mol. The molecule has 3 N–H and O–H groups in total. The van der Waals surface area contributed by atoms with Crippen LogP contribution in [0.4, 0.5) is 0 Å². The molecule has 0 spiro atoms. The highest BCUT2D eigenvalue weighted by Gasteiger charge is 2.09. The Kier molecular flexibility index (Phi) is 6.63. The lowest BCUT2D eigenvalue weighted by molar-refractivity contribution is 0.541. The van der Waals surface area contributed by atoms with Gasteiger partial charge in [0, 0.05) is 6.04 Å². The van der Waals surface area contributed by atoms with Gasteiger partial charge in [0.05, 0.1) is 0 Å². The number of hydrogen-bond donors (Lipinski definition) is 2. The Morgan fingerprint density at radius 3 is 2.71 bits per heavy atom. The van der Waals surface area contributed by atoms with Crippen molar-refractivity contribution in [2.75, 3.05) is 12.0 Å². The van der Waals surface area contributed by atoms with Gasteiger partial charge < -0.3 is 0 Å². The molecule has 0 fully saturated rings. The molecule has 0 heterocycles. The topological polar surface area (TPSA) is 38.0 Å². The van der Waals surface area contributed by atoms with Gasteiger partial charge >= 0.3 is 0 Å². The Bertz CT molecular complexity index is 326. The third kappa shape index (κ3) is 5.11. The molecule has 1 aromatic carbocycles. The van der Waals surface area contributed by atoms with Crippen LogP contribution in [0.25, 0.3) is 0 Å². The van der Waals surface area contributed by atoms with E-state index in [-0.39, 0.29) is 6.04 Å². The van der Waals surface area contributed by atoms with E-state index < -0.39 is 0 Å². The Labute approximate surface area is 109 Å². The van der Waals surface area contributed by atoms with Crippen LogP contribution in [-0.2, 0) is 6.42 Å². The third-order valence-corrected chi connectivity index (χ3v) is 3.45. The number of nitrogens with one attached hydrogen (secondary N) is 1. The SMILES string of the molecule is CSCCC(NN)c1cccc(CC(C)C)c1. The summed E-state index contributed by atoms with van der Waals surface area (Å²) in [6.07, 6.45) is 4.33. The van der Waals surface area contributed by atoms with E-state index in [0.29, 0.717) is 5.92 Å². The average molecular weight is 252 g/mol. The molecule has 0 aliphatic rings. The van der Waals surface area contributed by atoms with Gasteiger partial charge in [0.1, 0.15) is 0 Å². The molecule has 0 aliphatic heterocycles. The van der Waals surface area contributed by atoms with Crippen molar-refractivity contribution in [2.45, 2.75) is 32.7 Å². The summed E-state index contributed by atoms with van der Waals surface area (Å²) in [6.45, 7) is 4.50. The van der Waals surface area contributed by atoms with E-state index in [1.54, 1.807) is 0 Å². The molecule has 2 nitrogen and oxygen atoms in total. The first-order valence-corrected chi connectivity index (χ1v) is 7.60. The zero-order valence-electron chi connectivity index (χ0n) is 11.1. The van der Waals surface area contributed by atoms with Gasteiger partial charge in [0.15, 0.2) is 0 Å². The molecule has 0 amide bonds. The van der Waals surface area contributed by atoms with Crippen LogP contribution in [0.1, 0.15) is 37.4 Å². The Morgan fingerprint density at radius 2 is 2.12 bits per heavy atom. The molecule has 96 valence electrons. The minimum Gasteiger partial charge on any atom is -0.271 e. The zero-order valence-corrected chi connectivity index (χ0v) is 11.9. The molecule has 0 saturated heterocycles. The molecule has 1 rings (SSSR count). The summed E-state index contributed by atoms with van der Waals surface area (Å²) >= 11 is 1.86. The standard InChI is InChI=1S/C14H24N2S/c1-11(2)9-12-5-4-6-13(10-12)14(16-15)7-8-17-3/h4-6,10-11,14,16H,7-9,15H2,1-3H3. The van der Waals surface area contributed by atoms with E-state index in [2.05, 4.69) is 49.8 Å². The van der Waals surface area contributed by atoms with Crippen LogP contribution in [0.5, 0.6) is 0 Å². The maximum absolute atomic E-state index is 5.64. The molecule has 0 saturated carbocycles. The van der Waals surface area contributed by atoms with Crippen LogP contribution < -0.4 is 11.3 Å². The van der Waals surface area contributed by atoms with Crippen molar-refractivity contribution in [3.63, 3.8) is 0 Å². The van der Waals surface area contributed by atoms with Gasteiger partial charge in [-0.05, 0) is 41.9 Å². The predicted molar refractivity (Wildman–Crippen MR) is 78.0 cm³/mol. The van der Waals surface area contributed by atoms with E-state index in [1.165, 1.54) is 11.1 Å². The highest BCUT2D eigenvalue weighted by Crippen LogP contribution is 2.20.